The van der Waals surface area contributed by atoms with Gasteiger partial charge in [0.1, 0.15) is 0 Å². The second kappa shape index (κ2) is 4.67. The Morgan fingerprint density at radius 3 is 1.94 bits per heavy atom. The minimum Gasteiger partial charge on any atom is -0.279 e. The number of rotatable bonds is 1. The normalized spacial score (nSPS) is 29.2. The molecule has 0 aromatic heterocycles. The molecule has 0 bridgehead atoms. The standard InChI is InChI=1S/C15H23NO2/c17-13-10-15(8-4-5-9-15)11-14(18)16(13)12-6-2-1-3-7-12/h12H,1-11H2. The molecule has 18 heavy (non-hydrogen) atoms. The first-order valence-corrected chi connectivity index (χ1v) is 7.55. The Labute approximate surface area is 109 Å². The van der Waals surface area contributed by atoms with Crippen molar-refractivity contribution in [2.45, 2.75) is 76.7 Å². The lowest BCUT2D eigenvalue weighted by Gasteiger charge is -2.41. The van der Waals surface area contributed by atoms with Crippen LogP contribution in [0.5, 0.6) is 0 Å². The Bertz CT molecular complexity index is 332. The second-order valence-corrected chi connectivity index (χ2v) is 6.51. The summed E-state index contributed by atoms with van der Waals surface area (Å²) < 4.78 is 0. The molecule has 3 fully saturated rings. The molecule has 3 heteroatoms. The van der Waals surface area contributed by atoms with Gasteiger partial charge >= 0.3 is 0 Å². The SMILES string of the molecule is O=C1CC2(CCCC2)CC(=O)N1C1CCCCC1. The number of hydrogen-bond acceptors (Lipinski definition) is 2. The molecule has 100 valence electrons. The van der Waals surface area contributed by atoms with Crippen molar-refractivity contribution in [3.63, 3.8) is 0 Å². The number of amides is 2. The number of nitrogens with zero attached hydrogens (tertiary/aromatic N) is 1. The zero-order valence-corrected chi connectivity index (χ0v) is 11.1. The van der Waals surface area contributed by atoms with Crippen LogP contribution < -0.4 is 0 Å². The first kappa shape index (κ1) is 12.2. The summed E-state index contributed by atoms with van der Waals surface area (Å²) in [4.78, 5) is 26.4. The zero-order valence-electron chi connectivity index (χ0n) is 11.1. The lowest BCUT2D eigenvalue weighted by atomic mass is 9.75. The molecular formula is C15H23NO2. The van der Waals surface area contributed by atoms with E-state index in [0.717, 1.165) is 25.7 Å². The number of carbonyl (C=O) groups excluding carboxylic acids is 2. The van der Waals surface area contributed by atoms with E-state index in [1.807, 2.05) is 0 Å². The molecule has 1 heterocycles. The smallest absolute Gasteiger partial charge is 0.229 e. The van der Waals surface area contributed by atoms with Crippen LogP contribution in [0.15, 0.2) is 0 Å². The summed E-state index contributed by atoms with van der Waals surface area (Å²) in [6.45, 7) is 0. The summed E-state index contributed by atoms with van der Waals surface area (Å²) in [5.41, 5.74) is 0.0549. The molecule has 0 N–H and O–H groups in total. The average Bonchev–Trinajstić information content (AvgIpc) is 2.77. The van der Waals surface area contributed by atoms with Crippen molar-refractivity contribution in [2.24, 2.45) is 5.41 Å². The van der Waals surface area contributed by atoms with Gasteiger partial charge in [-0.3, -0.25) is 14.5 Å². The van der Waals surface area contributed by atoms with Crippen LogP contribution in [0.4, 0.5) is 0 Å². The molecule has 0 radical (unpaired) electrons. The quantitative estimate of drug-likeness (QED) is 0.670. The fraction of sp³-hybridized carbons (Fsp3) is 0.867. The Kier molecular flexibility index (Phi) is 3.16. The summed E-state index contributed by atoms with van der Waals surface area (Å²) >= 11 is 0. The number of imide groups is 1. The van der Waals surface area contributed by atoms with Crippen molar-refractivity contribution in [2.75, 3.05) is 0 Å². The van der Waals surface area contributed by atoms with E-state index in [-0.39, 0.29) is 23.3 Å². The molecule has 0 unspecified atom stereocenters. The summed E-state index contributed by atoms with van der Waals surface area (Å²) in [6.07, 6.45) is 11.5. The highest BCUT2D eigenvalue weighted by Gasteiger charge is 2.46. The minimum absolute atomic E-state index is 0.0549. The van der Waals surface area contributed by atoms with Crippen molar-refractivity contribution < 1.29 is 9.59 Å². The molecule has 2 aliphatic carbocycles. The molecule has 2 amide bonds. The Balaban J connectivity index is 1.73. The molecule has 2 saturated carbocycles. The van der Waals surface area contributed by atoms with Gasteiger partial charge in [-0.1, -0.05) is 32.1 Å². The number of hydrogen-bond donors (Lipinski definition) is 0. The van der Waals surface area contributed by atoms with Gasteiger partial charge in [-0.05, 0) is 31.1 Å². The number of piperidine rings is 1. The maximum Gasteiger partial charge on any atom is 0.229 e. The molecule has 1 spiro atoms. The Morgan fingerprint density at radius 2 is 1.39 bits per heavy atom. The van der Waals surface area contributed by atoms with E-state index in [2.05, 4.69) is 0 Å². The van der Waals surface area contributed by atoms with Crippen LogP contribution in [0.25, 0.3) is 0 Å². The molecule has 3 nitrogen and oxygen atoms in total. The van der Waals surface area contributed by atoms with Crippen molar-refractivity contribution >= 4 is 11.8 Å². The summed E-state index contributed by atoms with van der Waals surface area (Å²) in [7, 11) is 0. The Morgan fingerprint density at radius 1 is 0.833 bits per heavy atom. The van der Waals surface area contributed by atoms with Gasteiger partial charge in [0.05, 0.1) is 0 Å². The van der Waals surface area contributed by atoms with Crippen LogP contribution in [0.1, 0.15) is 70.6 Å². The molecule has 0 atom stereocenters. The van der Waals surface area contributed by atoms with Gasteiger partial charge in [0.15, 0.2) is 0 Å². The van der Waals surface area contributed by atoms with Gasteiger partial charge in [0.25, 0.3) is 0 Å². The van der Waals surface area contributed by atoms with Crippen molar-refractivity contribution in [1.29, 1.82) is 0 Å². The van der Waals surface area contributed by atoms with E-state index in [4.69, 9.17) is 0 Å². The monoisotopic (exact) mass is 249 g/mol. The third-order valence-electron chi connectivity index (χ3n) is 5.19. The van der Waals surface area contributed by atoms with E-state index in [1.165, 1.54) is 32.1 Å². The van der Waals surface area contributed by atoms with Gasteiger partial charge in [-0.2, -0.15) is 0 Å². The van der Waals surface area contributed by atoms with Crippen LogP contribution in [-0.4, -0.2) is 22.8 Å². The van der Waals surface area contributed by atoms with Gasteiger partial charge in [0, 0.05) is 18.9 Å². The largest absolute Gasteiger partial charge is 0.279 e. The fourth-order valence-corrected chi connectivity index (χ4v) is 4.24. The van der Waals surface area contributed by atoms with Gasteiger partial charge in [0.2, 0.25) is 11.8 Å². The maximum atomic E-state index is 12.4. The van der Waals surface area contributed by atoms with Crippen LogP contribution in [0.3, 0.4) is 0 Å². The number of likely N-dealkylation sites (tertiary alicyclic amines) is 1. The van der Waals surface area contributed by atoms with Gasteiger partial charge < -0.3 is 0 Å². The van der Waals surface area contributed by atoms with E-state index in [0.29, 0.717) is 12.8 Å². The predicted molar refractivity (Wildman–Crippen MR) is 68.9 cm³/mol. The van der Waals surface area contributed by atoms with E-state index < -0.39 is 0 Å². The second-order valence-electron chi connectivity index (χ2n) is 6.51. The first-order chi connectivity index (χ1) is 8.70. The Hall–Kier alpha value is -0.860. The summed E-state index contributed by atoms with van der Waals surface area (Å²) in [6, 6.07) is 0.220. The summed E-state index contributed by atoms with van der Waals surface area (Å²) in [5, 5.41) is 0. The van der Waals surface area contributed by atoms with Crippen LogP contribution in [0.2, 0.25) is 0 Å². The molecule has 0 aromatic rings. The van der Waals surface area contributed by atoms with E-state index in [9.17, 15) is 9.59 Å². The van der Waals surface area contributed by atoms with E-state index in [1.54, 1.807) is 4.90 Å². The van der Waals surface area contributed by atoms with Gasteiger partial charge in [-0.25, -0.2) is 0 Å². The summed E-state index contributed by atoms with van der Waals surface area (Å²) in [5.74, 6) is 0.250. The highest BCUT2D eigenvalue weighted by molar-refractivity contribution is 5.99. The predicted octanol–water partition coefficient (Wildman–Crippen LogP) is 3.03. The van der Waals surface area contributed by atoms with Crippen molar-refractivity contribution in [3.8, 4) is 0 Å². The minimum atomic E-state index is 0.0549. The first-order valence-electron chi connectivity index (χ1n) is 7.55. The third-order valence-corrected chi connectivity index (χ3v) is 5.19. The van der Waals surface area contributed by atoms with Crippen molar-refractivity contribution in [1.82, 2.24) is 4.90 Å². The topological polar surface area (TPSA) is 37.4 Å². The molecule has 1 aliphatic heterocycles. The zero-order chi connectivity index (χ0) is 12.6. The number of carbonyl (C=O) groups is 2. The lowest BCUT2D eigenvalue weighted by molar-refractivity contribution is -0.157. The van der Waals surface area contributed by atoms with Crippen LogP contribution in [0, 0.1) is 5.41 Å². The van der Waals surface area contributed by atoms with Crippen LogP contribution >= 0.6 is 0 Å². The molecule has 3 rings (SSSR count). The highest BCUT2D eigenvalue weighted by atomic mass is 16.2. The molecular weight excluding hydrogens is 226 g/mol. The molecule has 1 saturated heterocycles. The lowest BCUT2D eigenvalue weighted by Crippen LogP contribution is -2.52. The average molecular weight is 249 g/mol. The maximum absolute atomic E-state index is 12.4. The molecule has 0 aromatic carbocycles. The fourth-order valence-electron chi connectivity index (χ4n) is 4.24. The third kappa shape index (κ3) is 2.08. The highest BCUT2D eigenvalue weighted by Crippen LogP contribution is 2.47. The van der Waals surface area contributed by atoms with Crippen LogP contribution in [-0.2, 0) is 9.59 Å². The van der Waals surface area contributed by atoms with E-state index >= 15 is 0 Å². The van der Waals surface area contributed by atoms with Gasteiger partial charge in [-0.15, -0.1) is 0 Å². The van der Waals surface area contributed by atoms with Crippen molar-refractivity contribution in [3.05, 3.63) is 0 Å². The molecule has 3 aliphatic rings.